The van der Waals surface area contributed by atoms with Crippen molar-refractivity contribution >= 4 is 11.9 Å². The van der Waals surface area contributed by atoms with Gasteiger partial charge in [0.15, 0.2) is 0 Å². The van der Waals surface area contributed by atoms with E-state index in [9.17, 15) is 19.8 Å². The van der Waals surface area contributed by atoms with E-state index in [2.05, 4.69) is 0 Å². The van der Waals surface area contributed by atoms with Gasteiger partial charge in [0.25, 0.3) is 0 Å². The summed E-state index contributed by atoms with van der Waals surface area (Å²) >= 11 is 0. The Morgan fingerprint density at radius 3 is 1.97 bits per heavy atom. The van der Waals surface area contributed by atoms with E-state index in [1.165, 1.54) is 0 Å². The van der Waals surface area contributed by atoms with E-state index in [4.69, 9.17) is 10.5 Å². The van der Waals surface area contributed by atoms with Crippen LogP contribution in [0.1, 0.15) is 35.4 Å². The molecule has 2 aliphatic rings. The normalized spacial score (nSPS) is 22.6. The molecule has 174 valence electrons. The van der Waals surface area contributed by atoms with Crippen LogP contribution in [0.5, 0.6) is 11.5 Å². The second-order valence-corrected chi connectivity index (χ2v) is 9.36. The van der Waals surface area contributed by atoms with Crippen LogP contribution in [0.15, 0.2) is 78.9 Å². The number of carboxylic acids is 2. The highest BCUT2D eigenvalue weighted by Gasteiger charge is 2.66. The standard InChI is InChI=1S/C28H27NO5/c29-28(27(32)33,25-20(24(25)26(30)31)15-14-17-8-2-1-3-9-17)16-21-18-10-4-6-12-22(18)34-23-13-7-5-11-19(21)23/h1-13,20-21,24-25H,14-16,29H2,(H,30,31)(H,32,33)/t20-,24+,25+,28?/m1/s1. The number of aliphatic carboxylic acids is 2. The molecule has 1 aliphatic heterocycles. The van der Waals surface area contributed by atoms with Gasteiger partial charge in [-0.25, -0.2) is 0 Å². The van der Waals surface area contributed by atoms with Gasteiger partial charge in [-0.15, -0.1) is 0 Å². The van der Waals surface area contributed by atoms with Crippen LogP contribution in [-0.4, -0.2) is 27.7 Å². The molecule has 1 fully saturated rings. The highest BCUT2D eigenvalue weighted by Crippen LogP contribution is 2.58. The third-order valence-corrected chi connectivity index (χ3v) is 7.41. The van der Waals surface area contributed by atoms with Crippen molar-refractivity contribution in [2.45, 2.75) is 30.7 Å². The summed E-state index contributed by atoms with van der Waals surface area (Å²) in [5.41, 5.74) is 7.82. The van der Waals surface area contributed by atoms with Gasteiger partial charge in [0.2, 0.25) is 0 Å². The Balaban J connectivity index is 1.47. The highest BCUT2D eigenvalue weighted by molar-refractivity contribution is 5.84. The molecule has 0 bridgehead atoms. The van der Waals surface area contributed by atoms with Gasteiger partial charge in [-0.3, -0.25) is 9.59 Å². The van der Waals surface area contributed by atoms with Crippen LogP contribution in [-0.2, 0) is 16.0 Å². The van der Waals surface area contributed by atoms with Crippen molar-refractivity contribution in [1.29, 1.82) is 0 Å². The van der Waals surface area contributed by atoms with Crippen LogP contribution in [0.4, 0.5) is 0 Å². The number of carbonyl (C=O) groups is 2. The predicted octanol–water partition coefficient (Wildman–Crippen LogP) is 4.68. The molecule has 1 aliphatic carbocycles. The van der Waals surface area contributed by atoms with Crippen molar-refractivity contribution in [2.24, 2.45) is 23.5 Å². The van der Waals surface area contributed by atoms with Gasteiger partial charge in [-0.05, 0) is 42.9 Å². The number of hydrogen-bond acceptors (Lipinski definition) is 4. The van der Waals surface area contributed by atoms with Crippen LogP contribution < -0.4 is 10.5 Å². The zero-order valence-electron chi connectivity index (χ0n) is 18.6. The van der Waals surface area contributed by atoms with Crippen LogP contribution in [0.2, 0.25) is 0 Å². The van der Waals surface area contributed by atoms with E-state index < -0.39 is 29.3 Å². The van der Waals surface area contributed by atoms with Gasteiger partial charge >= 0.3 is 11.9 Å². The Kier molecular flexibility index (Phi) is 5.62. The summed E-state index contributed by atoms with van der Waals surface area (Å²) in [5.74, 6) is -2.81. The van der Waals surface area contributed by atoms with Crippen LogP contribution in [0, 0.1) is 17.8 Å². The Morgan fingerprint density at radius 1 is 0.853 bits per heavy atom. The van der Waals surface area contributed by atoms with Gasteiger partial charge in [-0.1, -0.05) is 66.7 Å². The minimum absolute atomic E-state index is 0.0933. The number of para-hydroxylation sites is 2. The summed E-state index contributed by atoms with van der Waals surface area (Å²) in [6, 6.07) is 24.9. The molecular weight excluding hydrogens is 430 g/mol. The van der Waals surface area contributed by atoms with Crippen LogP contribution in [0.3, 0.4) is 0 Å². The molecule has 1 heterocycles. The van der Waals surface area contributed by atoms with Crippen LogP contribution in [0.25, 0.3) is 0 Å². The topological polar surface area (TPSA) is 110 Å². The highest BCUT2D eigenvalue weighted by atomic mass is 16.5. The Bertz CT molecular complexity index is 1180. The Hall–Kier alpha value is -3.64. The van der Waals surface area contributed by atoms with Crippen LogP contribution >= 0.6 is 0 Å². The molecule has 3 aromatic rings. The maximum Gasteiger partial charge on any atom is 0.324 e. The Labute approximate surface area is 198 Å². The average molecular weight is 458 g/mol. The summed E-state index contributed by atoms with van der Waals surface area (Å²) in [4.78, 5) is 24.7. The fourth-order valence-electron chi connectivity index (χ4n) is 5.68. The van der Waals surface area contributed by atoms with E-state index >= 15 is 0 Å². The summed E-state index contributed by atoms with van der Waals surface area (Å²) in [6.07, 6.45) is 1.36. The maximum atomic E-state index is 12.6. The molecule has 34 heavy (non-hydrogen) atoms. The third kappa shape index (κ3) is 3.84. The van der Waals surface area contributed by atoms with Gasteiger partial charge in [0.05, 0.1) is 5.92 Å². The molecule has 3 aromatic carbocycles. The molecule has 0 spiro atoms. The lowest BCUT2D eigenvalue weighted by molar-refractivity contribution is -0.145. The third-order valence-electron chi connectivity index (χ3n) is 7.41. The quantitative estimate of drug-likeness (QED) is 0.453. The van der Waals surface area contributed by atoms with Crippen molar-refractivity contribution in [3.63, 3.8) is 0 Å². The average Bonchev–Trinajstić information content (AvgIpc) is 3.58. The van der Waals surface area contributed by atoms with Crippen molar-refractivity contribution < 1.29 is 24.5 Å². The molecule has 6 heteroatoms. The SMILES string of the molecule is NC(CC1c2ccccc2Oc2ccccc21)(C(=O)O)[C@H]1[C@H](CCc2ccccc2)[C@@H]1C(=O)O. The summed E-state index contributed by atoms with van der Waals surface area (Å²) in [7, 11) is 0. The number of carboxylic acid groups (broad SMARTS) is 2. The number of hydrogen-bond donors (Lipinski definition) is 3. The van der Waals surface area contributed by atoms with Crippen molar-refractivity contribution in [1.82, 2.24) is 0 Å². The zero-order valence-corrected chi connectivity index (χ0v) is 18.6. The monoisotopic (exact) mass is 457 g/mol. The van der Waals surface area contributed by atoms with E-state index in [1.807, 2.05) is 78.9 Å². The smallest absolute Gasteiger partial charge is 0.324 e. The maximum absolute atomic E-state index is 12.6. The largest absolute Gasteiger partial charge is 0.481 e. The number of fused-ring (bicyclic) bond motifs is 2. The minimum atomic E-state index is -1.69. The first-order chi connectivity index (χ1) is 16.4. The number of rotatable bonds is 8. The fourth-order valence-corrected chi connectivity index (χ4v) is 5.68. The van der Waals surface area contributed by atoms with Gasteiger partial charge in [0, 0.05) is 23.0 Å². The predicted molar refractivity (Wildman–Crippen MR) is 127 cm³/mol. The number of aryl methyl sites for hydroxylation is 1. The van der Waals surface area contributed by atoms with E-state index in [-0.39, 0.29) is 18.3 Å². The molecule has 1 unspecified atom stereocenters. The summed E-state index contributed by atoms with van der Waals surface area (Å²) < 4.78 is 6.04. The lowest BCUT2D eigenvalue weighted by Gasteiger charge is -2.34. The number of ether oxygens (including phenoxy) is 1. The summed E-state index contributed by atoms with van der Waals surface area (Å²) in [6.45, 7) is 0. The molecule has 0 saturated heterocycles. The number of nitrogens with two attached hydrogens (primary N) is 1. The van der Waals surface area contributed by atoms with Crippen molar-refractivity contribution in [3.05, 3.63) is 95.6 Å². The zero-order chi connectivity index (χ0) is 23.9. The first-order valence-corrected chi connectivity index (χ1v) is 11.5. The lowest BCUT2D eigenvalue weighted by atomic mass is 9.75. The molecule has 0 aromatic heterocycles. The first kappa shape index (κ1) is 22.2. The molecule has 4 atom stereocenters. The van der Waals surface area contributed by atoms with Gasteiger partial charge in [-0.2, -0.15) is 0 Å². The summed E-state index contributed by atoms with van der Waals surface area (Å²) in [5, 5.41) is 20.2. The van der Waals surface area contributed by atoms with Gasteiger partial charge < -0.3 is 20.7 Å². The van der Waals surface area contributed by atoms with E-state index in [0.717, 1.165) is 16.7 Å². The molecule has 0 radical (unpaired) electrons. The second-order valence-electron chi connectivity index (χ2n) is 9.36. The molecule has 5 rings (SSSR count). The van der Waals surface area contributed by atoms with Gasteiger partial charge in [0.1, 0.15) is 17.0 Å². The molecule has 6 nitrogen and oxygen atoms in total. The molecular formula is C28H27NO5. The minimum Gasteiger partial charge on any atom is -0.481 e. The first-order valence-electron chi connectivity index (χ1n) is 11.5. The molecule has 1 saturated carbocycles. The molecule has 0 amide bonds. The van der Waals surface area contributed by atoms with Crippen molar-refractivity contribution in [2.75, 3.05) is 0 Å². The fraction of sp³-hybridized carbons (Fsp3) is 0.286. The lowest BCUT2D eigenvalue weighted by Crippen LogP contribution is -2.52. The van der Waals surface area contributed by atoms with E-state index in [0.29, 0.717) is 24.3 Å². The molecule has 4 N–H and O–H groups in total. The Morgan fingerprint density at radius 2 is 1.41 bits per heavy atom. The second kappa shape index (κ2) is 8.61. The van der Waals surface area contributed by atoms with E-state index in [1.54, 1.807) is 0 Å². The number of benzene rings is 3. The van der Waals surface area contributed by atoms with Crippen molar-refractivity contribution in [3.8, 4) is 11.5 Å².